The largest absolute Gasteiger partial charge is 0.489 e. The van der Waals surface area contributed by atoms with Gasteiger partial charge in [0.05, 0.1) is 12.5 Å². The van der Waals surface area contributed by atoms with Crippen molar-refractivity contribution in [1.82, 2.24) is 4.90 Å². The summed E-state index contributed by atoms with van der Waals surface area (Å²) in [5, 5.41) is 5.15. The van der Waals surface area contributed by atoms with Gasteiger partial charge in [-0.2, -0.15) is 0 Å². The van der Waals surface area contributed by atoms with Crippen LogP contribution < -0.4 is 14.8 Å². The number of amides is 1. The van der Waals surface area contributed by atoms with Crippen molar-refractivity contribution in [3.05, 3.63) is 65.2 Å². The molecule has 232 valence electrons. The number of unbranched alkanes of at least 4 members (excludes halogenated alkanes) is 11. The maximum atomic E-state index is 12.9. The van der Waals surface area contributed by atoms with Crippen molar-refractivity contribution in [3.63, 3.8) is 0 Å². The molecule has 0 atom stereocenters. The van der Waals surface area contributed by atoms with E-state index in [0.29, 0.717) is 12.4 Å². The normalized spacial score (nSPS) is 13.0. The van der Waals surface area contributed by atoms with Gasteiger partial charge in [0.25, 0.3) is 5.91 Å². The van der Waals surface area contributed by atoms with Crippen LogP contribution in [0, 0.1) is 0 Å². The summed E-state index contributed by atoms with van der Waals surface area (Å²) in [4.78, 5) is 15.2. The van der Waals surface area contributed by atoms with Crippen LogP contribution in [0.2, 0.25) is 0 Å². The Labute approximate surface area is 259 Å². The van der Waals surface area contributed by atoms with E-state index in [1.165, 1.54) is 70.6 Å². The number of hydrogen-bond donors (Lipinski definition) is 1. The molecule has 2 aromatic carbocycles. The highest BCUT2D eigenvalue weighted by atomic mass is 32.2. The second kappa shape index (κ2) is 18.8. The van der Waals surface area contributed by atoms with Gasteiger partial charge in [0.2, 0.25) is 0 Å². The van der Waals surface area contributed by atoms with E-state index in [0.717, 1.165) is 41.4 Å². The molecule has 0 saturated carbocycles. The molecule has 1 aliphatic rings. The minimum absolute atomic E-state index is 0.0731. The van der Waals surface area contributed by atoms with Gasteiger partial charge < -0.3 is 19.7 Å². The van der Waals surface area contributed by atoms with E-state index in [1.807, 2.05) is 30.3 Å². The van der Waals surface area contributed by atoms with Crippen LogP contribution in [-0.2, 0) is 16.8 Å². The van der Waals surface area contributed by atoms with Crippen LogP contribution in [0.1, 0.15) is 116 Å². The Hall–Kier alpha value is -2.60. The number of anilines is 1. The first kappa shape index (κ1) is 33.9. The molecule has 1 N–H and O–H groups in total. The number of nitrogens with zero attached hydrogens (tertiary/aromatic N) is 1. The van der Waals surface area contributed by atoms with Crippen LogP contribution in [0.15, 0.2) is 54.1 Å². The Morgan fingerprint density at radius 3 is 2.17 bits per heavy atom. The number of ether oxygens (including phenoxy) is 2. The molecule has 0 saturated heterocycles. The summed E-state index contributed by atoms with van der Waals surface area (Å²) < 4.78 is 12.4. The van der Waals surface area contributed by atoms with Gasteiger partial charge in [0.15, 0.2) is 18.1 Å². The maximum absolute atomic E-state index is 12.9. The molecule has 0 bridgehead atoms. The average molecular weight is 595 g/mol. The second-order valence-corrected chi connectivity index (χ2v) is 13.3. The molecule has 1 heterocycles. The SMILES string of the molecule is CCCCCCCCCCCCCCOc1c(OCC(=O)Nc2ccccc2CN2C=CSC2)cccc1C(C)(C)C. The highest BCUT2D eigenvalue weighted by molar-refractivity contribution is 8.02. The van der Waals surface area contributed by atoms with Gasteiger partial charge >= 0.3 is 0 Å². The molecule has 1 amide bonds. The highest BCUT2D eigenvalue weighted by Crippen LogP contribution is 2.39. The molecule has 5 nitrogen and oxygen atoms in total. The Kier molecular flexibility index (Phi) is 15.2. The molecule has 0 radical (unpaired) electrons. The predicted molar refractivity (Wildman–Crippen MR) is 179 cm³/mol. The van der Waals surface area contributed by atoms with E-state index in [-0.39, 0.29) is 17.9 Å². The fraction of sp³-hybridized carbons (Fsp3) is 0.583. The summed E-state index contributed by atoms with van der Waals surface area (Å²) in [6, 6.07) is 14.0. The molecule has 1 aliphatic heterocycles. The van der Waals surface area contributed by atoms with Gasteiger partial charge in [0, 0.05) is 24.0 Å². The zero-order chi connectivity index (χ0) is 30.0. The molecule has 0 spiro atoms. The van der Waals surface area contributed by atoms with E-state index in [2.05, 4.69) is 61.7 Å². The Bertz CT molecular complexity index is 1100. The van der Waals surface area contributed by atoms with Gasteiger partial charge in [-0.25, -0.2) is 0 Å². The quantitative estimate of drug-likeness (QED) is 0.155. The lowest BCUT2D eigenvalue weighted by atomic mass is 9.86. The molecule has 3 rings (SSSR count). The van der Waals surface area contributed by atoms with E-state index in [1.54, 1.807) is 11.8 Å². The van der Waals surface area contributed by atoms with Gasteiger partial charge in [-0.15, -0.1) is 11.8 Å². The Balaban J connectivity index is 1.45. The van der Waals surface area contributed by atoms with E-state index >= 15 is 0 Å². The molecule has 42 heavy (non-hydrogen) atoms. The van der Waals surface area contributed by atoms with Crippen molar-refractivity contribution in [3.8, 4) is 11.5 Å². The van der Waals surface area contributed by atoms with Crippen molar-refractivity contribution >= 4 is 23.4 Å². The number of benzene rings is 2. The van der Waals surface area contributed by atoms with Gasteiger partial charge in [-0.05, 0) is 34.9 Å². The monoisotopic (exact) mass is 594 g/mol. The lowest BCUT2D eigenvalue weighted by molar-refractivity contribution is -0.118. The summed E-state index contributed by atoms with van der Waals surface area (Å²) in [5.74, 6) is 2.14. The Morgan fingerprint density at radius 2 is 1.52 bits per heavy atom. The predicted octanol–water partition coefficient (Wildman–Crippen LogP) is 10.1. The van der Waals surface area contributed by atoms with E-state index in [4.69, 9.17) is 9.47 Å². The summed E-state index contributed by atoms with van der Waals surface area (Å²) >= 11 is 1.77. The standard InChI is InChI=1S/C36H54N2O3S/c1-5-6-7-8-9-10-11-12-13-14-15-18-25-40-35-31(36(2,3)4)21-19-23-33(35)41-28-34(39)37-32-22-17-16-20-30(32)27-38-24-26-42-29-38/h16-17,19-24,26H,5-15,18,25,27-29H2,1-4H3,(H,37,39). The fourth-order valence-corrected chi connectivity index (χ4v) is 5.94. The summed E-state index contributed by atoms with van der Waals surface area (Å²) in [5.41, 5.74) is 2.90. The van der Waals surface area contributed by atoms with Crippen molar-refractivity contribution in [2.45, 2.75) is 117 Å². The number of nitrogens with one attached hydrogen (secondary N) is 1. The third kappa shape index (κ3) is 12.3. The molecule has 0 aliphatic carbocycles. The number of para-hydroxylation sites is 2. The molecule has 0 unspecified atom stereocenters. The average Bonchev–Trinajstić information content (AvgIpc) is 3.48. The highest BCUT2D eigenvalue weighted by Gasteiger charge is 2.23. The topological polar surface area (TPSA) is 50.8 Å². The van der Waals surface area contributed by atoms with Crippen LogP contribution in [-0.4, -0.2) is 29.9 Å². The third-order valence-corrected chi connectivity index (χ3v) is 8.46. The van der Waals surface area contributed by atoms with Crippen molar-refractivity contribution < 1.29 is 14.3 Å². The van der Waals surface area contributed by atoms with Crippen molar-refractivity contribution in [2.75, 3.05) is 24.4 Å². The molecular weight excluding hydrogens is 540 g/mol. The number of rotatable bonds is 20. The molecule has 0 aromatic heterocycles. The maximum Gasteiger partial charge on any atom is 0.262 e. The second-order valence-electron chi connectivity index (χ2n) is 12.4. The lowest BCUT2D eigenvalue weighted by Gasteiger charge is -2.25. The number of carbonyl (C=O) groups excluding carboxylic acids is 1. The van der Waals surface area contributed by atoms with Gasteiger partial charge in [-0.1, -0.05) is 129 Å². The summed E-state index contributed by atoms with van der Waals surface area (Å²) in [7, 11) is 0. The first-order valence-corrected chi connectivity index (χ1v) is 17.2. The van der Waals surface area contributed by atoms with Gasteiger partial charge in [-0.3, -0.25) is 4.79 Å². The van der Waals surface area contributed by atoms with Crippen LogP contribution in [0.4, 0.5) is 5.69 Å². The third-order valence-electron chi connectivity index (χ3n) is 7.66. The van der Waals surface area contributed by atoms with Crippen LogP contribution in [0.3, 0.4) is 0 Å². The zero-order valence-electron chi connectivity index (χ0n) is 26.6. The summed E-state index contributed by atoms with van der Waals surface area (Å²) in [6.07, 6.45) is 17.9. The lowest BCUT2D eigenvalue weighted by Crippen LogP contribution is -2.22. The fourth-order valence-electron chi connectivity index (χ4n) is 5.22. The zero-order valence-corrected chi connectivity index (χ0v) is 27.4. The molecule has 2 aromatic rings. The molecule has 6 heteroatoms. The van der Waals surface area contributed by atoms with Crippen LogP contribution >= 0.6 is 11.8 Å². The minimum atomic E-state index is -0.179. The molecular formula is C36H54N2O3S. The smallest absolute Gasteiger partial charge is 0.262 e. The van der Waals surface area contributed by atoms with Crippen molar-refractivity contribution in [1.29, 1.82) is 0 Å². The van der Waals surface area contributed by atoms with E-state index in [9.17, 15) is 4.79 Å². The van der Waals surface area contributed by atoms with Gasteiger partial charge in [0.1, 0.15) is 0 Å². The molecule has 0 fully saturated rings. The number of carbonyl (C=O) groups is 1. The summed E-state index contributed by atoms with van der Waals surface area (Å²) in [6.45, 7) is 10.2. The first-order chi connectivity index (χ1) is 20.4. The minimum Gasteiger partial charge on any atom is -0.489 e. The van der Waals surface area contributed by atoms with Crippen LogP contribution in [0.5, 0.6) is 11.5 Å². The number of hydrogen-bond acceptors (Lipinski definition) is 5. The number of thioether (sulfide) groups is 1. The first-order valence-electron chi connectivity index (χ1n) is 16.2. The van der Waals surface area contributed by atoms with E-state index < -0.39 is 0 Å². The Morgan fingerprint density at radius 1 is 0.857 bits per heavy atom. The van der Waals surface area contributed by atoms with Crippen molar-refractivity contribution in [2.24, 2.45) is 0 Å². The van der Waals surface area contributed by atoms with Crippen LogP contribution in [0.25, 0.3) is 0 Å².